The molecule has 82 valence electrons. The molecule has 0 aromatic heterocycles. The number of hydrogen-bond donors (Lipinski definition) is 0. The lowest BCUT2D eigenvalue weighted by Crippen LogP contribution is -2.10. The van der Waals surface area contributed by atoms with Crippen molar-refractivity contribution in [1.82, 2.24) is 0 Å². The number of carbonyl (C=O) groups is 2. The van der Waals surface area contributed by atoms with Crippen LogP contribution < -0.4 is 0 Å². The van der Waals surface area contributed by atoms with Crippen molar-refractivity contribution in [3.63, 3.8) is 0 Å². The molecule has 0 bridgehead atoms. The average Bonchev–Trinajstić information content (AvgIpc) is 1.98. The Morgan fingerprint density at radius 1 is 0.929 bits per heavy atom. The van der Waals surface area contributed by atoms with E-state index in [0.717, 1.165) is 6.42 Å². The van der Waals surface area contributed by atoms with Gasteiger partial charge in [0.1, 0.15) is 11.6 Å². The summed E-state index contributed by atoms with van der Waals surface area (Å²) in [6.07, 6.45) is 2.13. The van der Waals surface area contributed by atoms with E-state index in [1.807, 2.05) is 13.8 Å². The van der Waals surface area contributed by atoms with Crippen LogP contribution >= 0.6 is 0 Å². The Labute approximate surface area is 87.1 Å². The third kappa shape index (κ3) is 7.96. The standard InChI is InChI=1S/C12H22O2/c1-9(2)5-6-11(13)8-12(14)7-10(3)4/h9-10H,5-8H2,1-4H3. The van der Waals surface area contributed by atoms with Gasteiger partial charge in [-0.3, -0.25) is 9.59 Å². The smallest absolute Gasteiger partial charge is 0.140 e. The molecule has 0 aromatic rings. The molecule has 2 heteroatoms. The fraction of sp³-hybridized carbons (Fsp3) is 0.833. The van der Waals surface area contributed by atoms with E-state index in [1.165, 1.54) is 0 Å². The summed E-state index contributed by atoms with van der Waals surface area (Å²) in [4.78, 5) is 22.6. The number of Topliss-reactive ketones (excluding diaryl/α,β-unsaturated/α-hetero) is 2. The molecule has 0 amide bonds. The summed E-state index contributed by atoms with van der Waals surface area (Å²) in [5.74, 6) is 1.10. The molecule has 0 saturated carbocycles. The number of rotatable bonds is 7. The first-order valence-corrected chi connectivity index (χ1v) is 5.45. The van der Waals surface area contributed by atoms with Crippen molar-refractivity contribution in [2.75, 3.05) is 0 Å². The molecular formula is C12H22O2. The maximum atomic E-state index is 11.3. The number of ketones is 2. The van der Waals surface area contributed by atoms with Crippen molar-refractivity contribution >= 4 is 11.6 Å². The molecule has 0 saturated heterocycles. The van der Waals surface area contributed by atoms with Crippen molar-refractivity contribution in [2.24, 2.45) is 11.8 Å². The van der Waals surface area contributed by atoms with E-state index in [0.29, 0.717) is 24.7 Å². The minimum atomic E-state index is 0.0914. The van der Waals surface area contributed by atoms with Gasteiger partial charge in [-0.1, -0.05) is 27.7 Å². The maximum absolute atomic E-state index is 11.3. The highest BCUT2D eigenvalue weighted by molar-refractivity contribution is 5.99. The molecule has 14 heavy (non-hydrogen) atoms. The van der Waals surface area contributed by atoms with Crippen LogP contribution in [0.5, 0.6) is 0 Å². The van der Waals surface area contributed by atoms with Crippen LogP contribution in [0.15, 0.2) is 0 Å². The second kappa shape index (κ2) is 6.74. The zero-order chi connectivity index (χ0) is 11.1. The molecule has 0 aliphatic rings. The van der Waals surface area contributed by atoms with Crippen LogP contribution in [-0.4, -0.2) is 11.6 Å². The molecule has 0 fully saturated rings. The first kappa shape index (κ1) is 13.3. The van der Waals surface area contributed by atoms with Gasteiger partial charge >= 0.3 is 0 Å². The van der Waals surface area contributed by atoms with E-state index in [9.17, 15) is 9.59 Å². The zero-order valence-corrected chi connectivity index (χ0v) is 9.80. The van der Waals surface area contributed by atoms with Gasteiger partial charge in [-0.15, -0.1) is 0 Å². The van der Waals surface area contributed by atoms with Gasteiger partial charge in [-0.2, -0.15) is 0 Å². The van der Waals surface area contributed by atoms with E-state index < -0.39 is 0 Å². The minimum Gasteiger partial charge on any atom is -0.299 e. The second-order valence-electron chi connectivity index (χ2n) is 4.78. The molecule has 0 N–H and O–H groups in total. The van der Waals surface area contributed by atoms with Crippen molar-refractivity contribution in [3.8, 4) is 0 Å². The van der Waals surface area contributed by atoms with Crippen LogP contribution in [-0.2, 0) is 9.59 Å². The topological polar surface area (TPSA) is 34.1 Å². The Bertz CT molecular complexity index is 192. The molecule has 0 heterocycles. The largest absolute Gasteiger partial charge is 0.299 e. The van der Waals surface area contributed by atoms with Gasteiger partial charge in [0.25, 0.3) is 0 Å². The van der Waals surface area contributed by atoms with E-state index in [1.54, 1.807) is 0 Å². The Balaban J connectivity index is 3.66. The average molecular weight is 198 g/mol. The lowest BCUT2D eigenvalue weighted by atomic mass is 9.99. The van der Waals surface area contributed by atoms with Crippen LogP contribution in [0, 0.1) is 11.8 Å². The molecule has 0 aromatic carbocycles. The summed E-state index contributed by atoms with van der Waals surface area (Å²) >= 11 is 0. The monoisotopic (exact) mass is 198 g/mol. The van der Waals surface area contributed by atoms with Gasteiger partial charge in [-0.25, -0.2) is 0 Å². The highest BCUT2D eigenvalue weighted by Crippen LogP contribution is 2.08. The predicted octanol–water partition coefficient (Wildman–Crippen LogP) is 3.00. The van der Waals surface area contributed by atoms with Crippen LogP contribution in [0.3, 0.4) is 0 Å². The van der Waals surface area contributed by atoms with Gasteiger partial charge in [0, 0.05) is 12.8 Å². The van der Waals surface area contributed by atoms with E-state index in [4.69, 9.17) is 0 Å². The summed E-state index contributed by atoms with van der Waals surface area (Å²) in [6, 6.07) is 0. The Hall–Kier alpha value is -0.660. The Morgan fingerprint density at radius 2 is 1.50 bits per heavy atom. The molecule has 2 nitrogen and oxygen atoms in total. The van der Waals surface area contributed by atoms with Gasteiger partial charge in [0.2, 0.25) is 0 Å². The first-order chi connectivity index (χ1) is 6.41. The predicted molar refractivity (Wildman–Crippen MR) is 58.2 cm³/mol. The van der Waals surface area contributed by atoms with E-state index >= 15 is 0 Å². The Kier molecular flexibility index (Phi) is 6.43. The molecule has 0 rings (SSSR count). The normalized spacial score (nSPS) is 11.0. The quantitative estimate of drug-likeness (QED) is 0.589. The first-order valence-electron chi connectivity index (χ1n) is 5.45. The maximum Gasteiger partial charge on any atom is 0.140 e. The SMILES string of the molecule is CC(C)CCC(=O)CC(=O)CC(C)C. The lowest BCUT2D eigenvalue weighted by Gasteiger charge is -2.05. The number of carbonyl (C=O) groups excluding carboxylic acids is 2. The van der Waals surface area contributed by atoms with Crippen LogP contribution in [0.4, 0.5) is 0 Å². The summed E-state index contributed by atoms with van der Waals surface area (Å²) in [6.45, 7) is 8.17. The Morgan fingerprint density at radius 3 is 1.93 bits per heavy atom. The van der Waals surface area contributed by atoms with Crippen molar-refractivity contribution < 1.29 is 9.59 Å². The van der Waals surface area contributed by atoms with Gasteiger partial charge in [0.05, 0.1) is 6.42 Å². The third-order valence-electron chi connectivity index (χ3n) is 2.03. The highest BCUT2D eigenvalue weighted by Gasteiger charge is 2.11. The molecular weight excluding hydrogens is 176 g/mol. The second-order valence-corrected chi connectivity index (χ2v) is 4.78. The molecule has 0 atom stereocenters. The lowest BCUT2D eigenvalue weighted by molar-refractivity contribution is -0.127. The van der Waals surface area contributed by atoms with Gasteiger partial charge in [0.15, 0.2) is 0 Å². The van der Waals surface area contributed by atoms with Gasteiger partial charge < -0.3 is 0 Å². The summed E-state index contributed by atoms with van der Waals surface area (Å²) in [7, 11) is 0. The van der Waals surface area contributed by atoms with Crippen LogP contribution in [0.2, 0.25) is 0 Å². The molecule has 0 aliphatic heterocycles. The van der Waals surface area contributed by atoms with Crippen molar-refractivity contribution in [3.05, 3.63) is 0 Å². The zero-order valence-electron chi connectivity index (χ0n) is 9.80. The number of hydrogen-bond acceptors (Lipinski definition) is 2. The minimum absolute atomic E-state index is 0.0914. The molecule has 0 spiro atoms. The molecule has 0 radical (unpaired) electrons. The summed E-state index contributed by atoms with van der Waals surface area (Å²) in [5.41, 5.74) is 0. The third-order valence-corrected chi connectivity index (χ3v) is 2.03. The van der Waals surface area contributed by atoms with Gasteiger partial charge in [-0.05, 0) is 18.3 Å². The van der Waals surface area contributed by atoms with Crippen molar-refractivity contribution in [1.29, 1.82) is 0 Å². The fourth-order valence-electron chi connectivity index (χ4n) is 1.29. The van der Waals surface area contributed by atoms with Crippen LogP contribution in [0.1, 0.15) is 53.4 Å². The highest BCUT2D eigenvalue weighted by atomic mass is 16.1. The fourth-order valence-corrected chi connectivity index (χ4v) is 1.29. The summed E-state index contributed by atoms with van der Waals surface area (Å²) < 4.78 is 0. The van der Waals surface area contributed by atoms with E-state index in [-0.39, 0.29) is 18.0 Å². The van der Waals surface area contributed by atoms with Crippen molar-refractivity contribution in [2.45, 2.75) is 53.4 Å². The molecule has 0 aliphatic carbocycles. The van der Waals surface area contributed by atoms with E-state index in [2.05, 4.69) is 13.8 Å². The molecule has 0 unspecified atom stereocenters. The summed E-state index contributed by atoms with van der Waals surface area (Å²) in [5, 5.41) is 0. The van der Waals surface area contributed by atoms with Crippen LogP contribution in [0.25, 0.3) is 0 Å².